The molecule has 92 valence electrons. The van der Waals surface area contributed by atoms with Crippen LogP contribution in [0, 0.1) is 11.8 Å². The van der Waals surface area contributed by atoms with Crippen molar-refractivity contribution in [3.05, 3.63) is 35.9 Å². The van der Waals surface area contributed by atoms with E-state index in [1.54, 1.807) is 0 Å². The molecule has 1 aliphatic rings. The summed E-state index contributed by atoms with van der Waals surface area (Å²) in [5.74, 6) is 0.404. The average molecular weight is 232 g/mol. The van der Waals surface area contributed by atoms with Gasteiger partial charge in [-0.25, -0.2) is 0 Å². The molecule has 0 amide bonds. The Bertz CT molecular complexity index is 397. The van der Waals surface area contributed by atoms with Crippen LogP contribution < -0.4 is 0 Å². The van der Waals surface area contributed by atoms with Crippen molar-refractivity contribution in [1.29, 1.82) is 0 Å². The standard InChI is InChI=1S/C15H20O2/c1-11(2)15(3)13(14(16)17-15)10-9-12-7-5-4-6-8-12/h4-8,11,13H,9-10H2,1-3H3/t13-,15+/m0/s1. The predicted octanol–water partition coefficient (Wildman–Crippen LogP) is 3.21. The lowest BCUT2D eigenvalue weighted by Crippen LogP contribution is -2.58. The molecule has 2 heteroatoms. The second-order valence-corrected chi connectivity index (χ2v) is 5.34. The SMILES string of the molecule is CC(C)[C@@]1(C)OC(=O)[C@@H]1CCc1ccccc1. The van der Waals surface area contributed by atoms with Gasteiger partial charge in [-0.05, 0) is 31.2 Å². The van der Waals surface area contributed by atoms with E-state index in [2.05, 4.69) is 32.9 Å². The molecule has 17 heavy (non-hydrogen) atoms. The number of hydrogen-bond donors (Lipinski definition) is 0. The van der Waals surface area contributed by atoms with Crippen LogP contribution in [0.1, 0.15) is 32.8 Å². The van der Waals surface area contributed by atoms with Crippen molar-refractivity contribution >= 4 is 5.97 Å². The van der Waals surface area contributed by atoms with E-state index in [0.29, 0.717) is 5.92 Å². The van der Waals surface area contributed by atoms with Gasteiger partial charge in [0.25, 0.3) is 0 Å². The number of rotatable bonds is 4. The van der Waals surface area contributed by atoms with Gasteiger partial charge in [0.15, 0.2) is 0 Å². The molecular weight excluding hydrogens is 212 g/mol. The third-order valence-electron chi connectivity index (χ3n) is 4.01. The van der Waals surface area contributed by atoms with Gasteiger partial charge >= 0.3 is 5.97 Å². The minimum Gasteiger partial charge on any atom is -0.458 e. The van der Waals surface area contributed by atoms with Gasteiger partial charge in [0.1, 0.15) is 5.60 Å². The Morgan fingerprint density at radius 2 is 1.94 bits per heavy atom. The molecule has 2 atom stereocenters. The fourth-order valence-corrected chi connectivity index (χ4v) is 2.42. The Kier molecular flexibility index (Phi) is 3.23. The zero-order valence-electron chi connectivity index (χ0n) is 10.8. The first kappa shape index (κ1) is 12.2. The molecule has 2 rings (SSSR count). The van der Waals surface area contributed by atoms with Crippen LogP contribution in [0.3, 0.4) is 0 Å². The quantitative estimate of drug-likeness (QED) is 0.745. The molecule has 1 aliphatic heterocycles. The van der Waals surface area contributed by atoms with Gasteiger partial charge in [0, 0.05) is 0 Å². The van der Waals surface area contributed by atoms with E-state index in [0.717, 1.165) is 12.8 Å². The summed E-state index contributed by atoms with van der Waals surface area (Å²) in [5, 5.41) is 0. The second-order valence-electron chi connectivity index (χ2n) is 5.34. The molecule has 2 nitrogen and oxygen atoms in total. The molecule has 1 aromatic carbocycles. The topological polar surface area (TPSA) is 26.3 Å². The van der Waals surface area contributed by atoms with Crippen LogP contribution in [0.2, 0.25) is 0 Å². The van der Waals surface area contributed by atoms with E-state index in [9.17, 15) is 4.79 Å². The van der Waals surface area contributed by atoms with Crippen molar-refractivity contribution < 1.29 is 9.53 Å². The van der Waals surface area contributed by atoms with Crippen molar-refractivity contribution in [2.24, 2.45) is 11.8 Å². The Morgan fingerprint density at radius 3 is 2.47 bits per heavy atom. The summed E-state index contributed by atoms with van der Waals surface area (Å²) in [4.78, 5) is 11.5. The van der Waals surface area contributed by atoms with E-state index in [1.165, 1.54) is 5.56 Å². The summed E-state index contributed by atoms with van der Waals surface area (Å²) < 4.78 is 5.35. The maximum absolute atomic E-state index is 11.5. The van der Waals surface area contributed by atoms with E-state index in [4.69, 9.17) is 4.74 Å². The Balaban J connectivity index is 1.97. The fourth-order valence-electron chi connectivity index (χ4n) is 2.42. The molecule has 1 fully saturated rings. The lowest BCUT2D eigenvalue weighted by Gasteiger charge is -2.48. The lowest BCUT2D eigenvalue weighted by atomic mass is 9.73. The van der Waals surface area contributed by atoms with E-state index >= 15 is 0 Å². The summed E-state index contributed by atoms with van der Waals surface area (Å²) in [6.45, 7) is 6.28. The maximum Gasteiger partial charge on any atom is 0.313 e. The van der Waals surface area contributed by atoms with Crippen LogP contribution in [-0.4, -0.2) is 11.6 Å². The lowest BCUT2D eigenvalue weighted by molar-refractivity contribution is -0.219. The first-order chi connectivity index (χ1) is 8.04. The summed E-state index contributed by atoms with van der Waals surface area (Å²) in [7, 11) is 0. The molecule has 0 bridgehead atoms. The van der Waals surface area contributed by atoms with Crippen molar-refractivity contribution in [1.82, 2.24) is 0 Å². The first-order valence-corrected chi connectivity index (χ1v) is 6.31. The summed E-state index contributed by atoms with van der Waals surface area (Å²) >= 11 is 0. The van der Waals surface area contributed by atoms with Crippen LogP contribution in [0.5, 0.6) is 0 Å². The van der Waals surface area contributed by atoms with Gasteiger partial charge in [-0.1, -0.05) is 44.2 Å². The van der Waals surface area contributed by atoms with Crippen LogP contribution in [0.25, 0.3) is 0 Å². The highest BCUT2D eigenvalue weighted by atomic mass is 16.6. The number of aryl methyl sites for hydroxylation is 1. The average Bonchev–Trinajstić information content (AvgIpc) is 2.29. The molecule has 0 aromatic heterocycles. The molecule has 1 heterocycles. The van der Waals surface area contributed by atoms with Gasteiger partial charge in [0.2, 0.25) is 0 Å². The highest BCUT2D eigenvalue weighted by Gasteiger charge is 2.54. The first-order valence-electron chi connectivity index (χ1n) is 6.31. The number of carbonyl (C=O) groups excluding carboxylic acids is 1. The second kappa shape index (κ2) is 4.52. The molecule has 0 radical (unpaired) electrons. The smallest absolute Gasteiger partial charge is 0.313 e. The number of benzene rings is 1. The summed E-state index contributed by atoms with van der Waals surface area (Å²) in [5.41, 5.74) is 1.03. The third-order valence-corrected chi connectivity index (χ3v) is 4.01. The van der Waals surface area contributed by atoms with Crippen molar-refractivity contribution in [2.75, 3.05) is 0 Å². The maximum atomic E-state index is 11.5. The predicted molar refractivity (Wildman–Crippen MR) is 67.6 cm³/mol. The van der Waals surface area contributed by atoms with Crippen LogP contribution in [-0.2, 0) is 16.0 Å². The largest absolute Gasteiger partial charge is 0.458 e. The molecule has 0 spiro atoms. The van der Waals surface area contributed by atoms with Crippen molar-refractivity contribution in [3.63, 3.8) is 0 Å². The van der Waals surface area contributed by atoms with Crippen molar-refractivity contribution in [3.8, 4) is 0 Å². The van der Waals surface area contributed by atoms with Crippen molar-refractivity contribution in [2.45, 2.75) is 39.2 Å². The van der Waals surface area contributed by atoms with Gasteiger partial charge < -0.3 is 4.74 Å². The summed E-state index contributed by atoms with van der Waals surface area (Å²) in [6.07, 6.45) is 1.83. The minimum absolute atomic E-state index is 0.0304. The molecule has 0 N–H and O–H groups in total. The fraction of sp³-hybridized carbons (Fsp3) is 0.533. The van der Waals surface area contributed by atoms with E-state index in [-0.39, 0.29) is 17.5 Å². The van der Waals surface area contributed by atoms with Gasteiger partial charge in [0.05, 0.1) is 5.92 Å². The van der Waals surface area contributed by atoms with Gasteiger partial charge in [-0.15, -0.1) is 0 Å². The Labute approximate surface area is 103 Å². The number of esters is 1. The highest BCUT2D eigenvalue weighted by molar-refractivity contribution is 5.80. The van der Waals surface area contributed by atoms with Gasteiger partial charge in [-0.2, -0.15) is 0 Å². The zero-order chi connectivity index (χ0) is 12.5. The van der Waals surface area contributed by atoms with Crippen LogP contribution in [0.15, 0.2) is 30.3 Å². The van der Waals surface area contributed by atoms with E-state index < -0.39 is 0 Å². The number of cyclic esters (lactones) is 1. The highest BCUT2D eigenvalue weighted by Crippen LogP contribution is 2.42. The monoisotopic (exact) mass is 232 g/mol. The molecule has 1 saturated heterocycles. The molecule has 0 unspecified atom stereocenters. The third kappa shape index (κ3) is 2.21. The van der Waals surface area contributed by atoms with Crippen LogP contribution >= 0.6 is 0 Å². The number of hydrogen-bond acceptors (Lipinski definition) is 2. The normalized spacial score (nSPS) is 27.8. The molecule has 1 aromatic rings. The van der Waals surface area contributed by atoms with Gasteiger partial charge in [-0.3, -0.25) is 4.79 Å². The molecular formula is C15H20O2. The minimum atomic E-state index is -0.258. The Morgan fingerprint density at radius 1 is 1.29 bits per heavy atom. The zero-order valence-corrected chi connectivity index (χ0v) is 10.8. The Hall–Kier alpha value is -1.31. The molecule has 0 aliphatic carbocycles. The summed E-state index contributed by atoms with van der Waals surface area (Å²) in [6, 6.07) is 10.3. The van der Waals surface area contributed by atoms with Crippen LogP contribution in [0.4, 0.5) is 0 Å². The molecule has 0 saturated carbocycles. The number of ether oxygens (including phenoxy) is 1. The number of carbonyl (C=O) groups is 1. The van der Waals surface area contributed by atoms with E-state index in [1.807, 2.05) is 18.2 Å².